The maximum Gasteiger partial charge on any atom is 0.164 e. The van der Waals surface area contributed by atoms with Crippen LogP contribution in [0.1, 0.15) is 5.56 Å². The minimum atomic E-state index is 0.740. The summed E-state index contributed by atoms with van der Waals surface area (Å²) in [5.74, 6) is 0.740. The molecule has 138 valence electrons. The van der Waals surface area contributed by atoms with Gasteiger partial charge in [-0.1, -0.05) is 90.1 Å². The van der Waals surface area contributed by atoms with Crippen molar-refractivity contribution in [2.24, 2.45) is 4.99 Å². The highest BCUT2D eigenvalue weighted by molar-refractivity contribution is 6.09. The molecule has 0 saturated heterocycles. The molecule has 0 aliphatic carbocycles. The SMILES string of the molecule is c1ccc(/N=C(\c2ccccc2-c2ccccc2)n2nnc3ccccc32)cc1. The second-order valence-electron chi connectivity index (χ2n) is 6.67. The molecule has 1 aromatic heterocycles. The molecular weight excluding hydrogens is 356 g/mol. The molecule has 4 nitrogen and oxygen atoms in total. The summed E-state index contributed by atoms with van der Waals surface area (Å²) in [7, 11) is 0. The van der Waals surface area contributed by atoms with E-state index in [0.717, 1.165) is 39.2 Å². The van der Waals surface area contributed by atoms with Crippen LogP contribution in [0.3, 0.4) is 0 Å². The first-order valence-corrected chi connectivity index (χ1v) is 9.49. The third-order valence-electron chi connectivity index (χ3n) is 4.80. The molecule has 0 spiro atoms. The van der Waals surface area contributed by atoms with Crippen molar-refractivity contribution in [2.45, 2.75) is 0 Å². The van der Waals surface area contributed by atoms with Crippen molar-refractivity contribution in [2.75, 3.05) is 0 Å². The molecule has 0 amide bonds. The van der Waals surface area contributed by atoms with Crippen LogP contribution in [0, 0.1) is 0 Å². The fourth-order valence-corrected chi connectivity index (χ4v) is 3.42. The van der Waals surface area contributed by atoms with E-state index in [0.29, 0.717) is 0 Å². The van der Waals surface area contributed by atoms with Crippen LogP contribution < -0.4 is 0 Å². The van der Waals surface area contributed by atoms with Crippen LogP contribution in [0.2, 0.25) is 0 Å². The zero-order valence-corrected chi connectivity index (χ0v) is 15.7. The van der Waals surface area contributed by atoms with E-state index in [2.05, 4.69) is 34.6 Å². The van der Waals surface area contributed by atoms with Gasteiger partial charge in [0.25, 0.3) is 0 Å². The van der Waals surface area contributed by atoms with Crippen LogP contribution >= 0.6 is 0 Å². The lowest BCUT2D eigenvalue weighted by atomic mass is 9.99. The van der Waals surface area contributed by atoms with E-state index >= 15 is 0 Å². The maximum atomic E-state index is 4.98. The van der Waals surface area contributed by atoms with Gasteiger partial charge in [0.05, 0.1) is 11.2 Å². The van der Waals surface area contributed by atoms with Gasteiger partial charge in [-0.25, -0.2) is 4.99 Å². The first-order chi connectivity index (χ1) is 14.4. The average molecular weight is 374 g/mol. The number of hydrogen-bond donors (Lipinski definition) is 0. The van der Waals surface area contributed by atoms with Crippen molar-refractivity contribution < 1.29 is 0 Å². The number of benzene rings is 4. The Morgan fingerprint density at radius 2 is 1.31 bits per heavy atom. The van der Waals surface area contributed by atoms with Gasteiger partial charge in [0, 0.05) is 5.56 Å². The molecule has 4 heteroatoms. The molecule has 0 saturated carbocycles. The highest BCUT2D eigenvalue weighted by Gasteiger charge is 2.16. The van der Waals surface area contributed by atoms with Crippen LogP contribution in [-0.2, 0) is 0 Å². The summed E-state index contributed by atoms with van der Waals surface area (Å²) in [6, 6.07) is 36.5. The summed E-state index contributed by atoms with van der Waals surface area (Å²) in [6.07, 6.45) is 0. The Balaban J connectivity index is 1.78. The zero-order chi connectivity index (χ0) is 19.5. The molecule has 0 fully saturated rings. The van der Waals surface area contributed by atoms with Crippen molar-refractivity contribution in [3.63, 3.8) is 0 Å². The first kappa shape index (κ1) is 17.1. The number of fused-ring (bicyclic) bond motifs is 1. The standard InChI is InChI=1S/C25H18N4/c1-3-11-19(12-4-1)21-15-7-8-16-22(21)25(26-20-13-5-2-6-14-20)29-24-18-10-9-17-23(24)27-28-29/h1-18H/b26-25+. The number of nitrogens with zero attached hydrogens (tertiary/aromatic N) is 4. The largest absolute Gasteiger partial charge is 0.229 e. The monoisotopic (exact) mass is 374 g/mol. The number of aliphatic imine (C=N–C) groups is 1. The van der Waals surface area contributed by atoms with E-state index < -0.39 is 0 Å². The van der Waals surface area contributed by atoms with Gasteiger partial charge in [-0.15, -0.1) is 5.10 Å². The Kier molecular flexibility index (Phi) is 4.43. The molecule has 1 heterocycles. The van der Waals surface area contributed by atoms with Crippen LogP contribution in [0.15, 0.2) is 114 Å². The zero-order valence-electron chi connectivity index (χ0n) is 15.7. The Morgan fingerprint density at radius 1 is 0.655 bits per heavy atom. The molecule has 0 N–H and O–H groups in total. The second kappa shape index (κ2) is 7.52. The fraction of sp³-hybridized carbons (Fsp3) is 0. The van der Waals surface area contributed by atoms with Crippen molar-refractivity contribution in [3.8, 4) is 11.1 Å². The lowest BCUT2D eigenvalue weighted by molar-refractivity contribution is 0.862. The van der Waals surface area contributed by atoms with Crippen LogP contribution in [0.5, 0.6) is 0 Å². The first-order valence-electron chi connectivity index (χ1n) is 9.49. The average Bonchev–Trinajstić information content (AvgIpc) is 3.23. The van der Waals surface area contributed by atoms with Crippen molar-refractivity contribution in [1.29, 1.82) is 0 Å². The van der Waals surface area contributed by atoms with E-state index in [4.69, 9.17) is 4.99 Å². The quantitative estimate of drug-likeness (QED) is 0.299. The molecule has 0 unspecified atom stereocenters. The molecule has 0 atom stereocenters. The number of aromatic nitrogens is 3. The van der Waals surface area contributed by atoms with E-state index in [-0.39, 0.29) is 0 Å². The Morgan fingerprint density at radius 3 is 2.14 bits per heavy atom. The van der Waals surface area contributed by atoms with E-state index in [1.807, 2.05) is 89.6 Å². The topological polar surface area (TPSA) is 43.1 Å². The van der Waals surface area contributed by atoms with Crippen molar-refractivity contribution >= 4 is 22.6 Å². The Hall–Kier alpha value is -4.05. The summed E-state index contributed by atoms with van der Waals surface area (Å²) < 4.78 is 1.82. The maximum absolute atomic E-state index is 4.98. The smallest absolute Gasteiger partial charge is 0.164 e. The molecule has 0 radical (unpaired) electrons. The molecule has 0 aliphatic rings. The Bertz CT molecular complexity index is 1290. The number of hydrogen-bond acceptors (Lipinski definition) is 3. The van der Waals surface area contributed by atoms with Gasteiger partial charge in [-0.05, 0) is 35.4 Å². The predicted octanol–water partition coefficient (Wildman–Crippen LogP) is 5.72. The van der Waals surface area contributed by atoms with Crippen molar-refractivity contribution in [1.82, 2.24) is 15.0 Å². The van der Waals surface area contributed by atoms with E-state index in [1.54, 1.807) is 0 Å². The minimum absolute atomic E-state index is 0.740. The Labute approximate surface area is 168 Å². The lowest BCUT2D eigenvalue weighted by Gasteiger charge is -2.13. The summed E-state index contributed by atoms with van der Waals surface area (Å²) in [6.45, 7) is 0. The molecular formula is C25H18N4. The second-order valence-corrected chi connectivity index (χ2v) is 6.67. The van der Waals surface area contributed by atoms with Gasteiger partial charge in [0.2, 0.25) is 0 Å². The predicted molar refractivity (Wildman–Crippen MR) is 117 cm³/mol. The fourth-order valence-electron chi connectivity index (χ4n) is 3.42. The summed E-state index contributed by atoms with van der Waals surface area (Å²) in [5, 5.41) is 8.78. The highest BCUT2D eigenvalue weighted by Crippen LogP contribution is 2.27. The molecule has 5 rings (SSSR count). The van der Waals surface area contributed by atoms with Crippen molar-refractivity contribution in [3.05, 3.63) is 115 Å². The van der Waals surface area contributed by atoms with Gasteiger partial charge in [0.15, 0.2) is 5.84 Å². The van der Waals surface area contributed by atoms with E-state index in [9.17, 15) is 0 Å². The van der Waals surface area contributed by atoms with Crippen LogP contribution in [0.25, 0.3) is 22.2 Å². The number of para-hydroxylation sites is 2. The molecule has 5 aromatic rings. The van der Waals surface area contributed by atoms with Crippen LogP contribution in [0.4, 0.5) is 5.69 Å². The van der Waals surface area contributed by atoms with Gasteiger partial charge in [-0.3, -0.25) is 0 Å². The lowest BCUT2D eigenvalue weighted by Crippen LogP contribution is -2.16. The molecule has 0 aliphatic heterocycles. The highest BCUT2D eigenvalue weighted by atomic mass is 15.4. The summed E-state index contributed by atoms with van der Waals surface area (Å²) in [5.41, 5.74) is 5.86. The molecule has 4 aromatic carbocycles. The summed E-state index contributed by atoms with van der Waals surface area (Å²) >= 11 is 0. The van der Waals surface area contributed by atoms with E-state index in [1.165, 1.54) is 0 Å². The normalized spacial score (nSPS) is 11.7. The third kappa shape index (κ3) is 3.32. The van der Waals surface area contributed by atoms with Gasteiger partial charge in [-0.2, -0.15) is 4.68 Å². The van der Waals surface area contributed by atoms with Crippen LogP contribution in [-0.4, -0.2) is 20.8 Å². The van der Waals surface area contributed by atoms with Gasteiger partial charge in [0.1, 0.15) is 5.52 Å². The van der Waals surface area contributed by atoms with Gasteiger partial charge >= 0.3 is 0 Å². The summed E-state index contributed by atoms with van der Waals surface area (Å²) in [4.78, 5) is 4.98. The minimum Gasteiger partial charge on any atom is -0.229 e. The molecule has 29 heavy (non-hydrogen) atoms. The molecule has 0 bridgehead atoms. The van der Waals surface area contributed by atoms with Gasteiger partial charge < -0.3 is 0 Å². The number of rotatable bonds is 3. The third-order valence-corrected chi connectivity index (χ3v) is 4.80.